The Balaban J connectivity index is 1.95. The first-order valence-corrected chi connectivity index (χ1v) is 12.0. The van der Waals surface area contributed by atoms with Crippen molar-refractivity contribution in [3.63, 3.8) is 0 Å². The van der Waals surface area contributed by atoms with E-state index in [2.05, 4.69) is 5.32 Å². The summed E-state index contributed by atoms with van der Waals surface area (Å²) in [4.78, 5) is 13.3. The fourth-order valence-electron chi connectivity index (χ4n) is 3.58. The maximum absolute atomic E-state index is 13.3. The largest absolute Gasteiger partial charge is 0.343 e. The summed E-state index contributed by atoms with van der Waals surface area (Å²) in [7, 11) is -3.68. The van der Waals surface area contributed by atoms with Gasteiger partial charge in [0.2, 0.25) is 15.9 Å². The first-order valence-electron chi connectivity index (χ1n) is 10.2. The first-order chi connectivity index (χ1) is 14.7. The quantitative estimate of drug-likeness (QED) is 0.598. The van der Waals surface area contributed by atoms with Gasteiger partial charge in [0.05, 0.1) is 18.0 Å². The predicted octanol–water partition coefficient (Wildman–Crippen LogP) is 4.36. The van der Waals surface area contributed by atoms with Crippen molar-refractivity contribution in [1.29, 1.82) is 0 Å². The number of nitrogens with one attached hydrogen (secondary N) is 1. The summed E-state index contributed by atoms with van der Waals surface area (Å²) >= 11 is 0. The molecular formula is C25H28N2O3S. The van der Waals surface area contributed by atoms with Gasteiger partial charge in [-0.1, -0.05) is 66.7 Å². The van der Waals surface area contributed by atoms with Crippen LogP contribution in [0, 0.1) is 13.8 Å². The van der Waals surface area contributed by atoms with E-state index < -0.39 is 22.1 Å². The summed E-state index contributed by atoms with van der Waals surface area (Å²) in [6.07, 6.45) is 1.12. The molecule has 0 aliphatic rings. The van der Waals surface area contributed by atoms with Crippen molar-refractivity contribution in [2.24, 2.45) is 0 Å². The maximum Gasteiger partial charge on any atom is 0.244 e. The topological polar surface area (TPSA) is 66.5 Å². The Labute approximate surface area is 184 Å². The lowest BCUT2D eigenvalue weighted by atomic mass is 9.98. The van der Waals surface area contributed by atoms with Crippen molar-refractivity contribution >= 4 is 21.6 Å². The van der Waals surface area contributed by atoms with E-state index >= 15 is 0 Å². The third-order valence-electron chi connectivity index (χ3n) is 5.39. The fourth-order valence-corrected chi connectivity index (χ4v) is 4.75. The molecule has 0 heterocycles. The average molecular weight is 437 g/mol. The van der Waals surface area contributed by atoms with E-state index in [4.69, 9.17) is 0 Å². The molecule has 3 aromatic rings. The van der Waals surface area contributed by atoms with E-state index in [9.17, 15) is 13.2 Å². The van der Waals surface area contributed by atoms with Gasteiger partial charge in [-0.15, -0.1) is 0 Å². The monoisotopic (exact) mass is 436 g/mol. The smallest absolute Gasteiger partial charge is 0.244 e. The van der Waals surface area contributed by atoms with Crippen LogP contribution in [-0.2, 0) is 14.8 Å². The van der Waals surface area contributed by atoms with Crippen LogP contribution in [0.5, 0.6) is 0 Å². The van der Waals surface area contributed by atoms with Gasteiger partial charge in [0.25, 0.3) is 0 Å². The van der Waals surface area contributed by atoms with E-state index in [1.807, 2.05) is 80.6 Å². The highest BCUT2D eigenvalue weighted by molar-refractivity contribution is 7.92. The lowest BCUT2D eigenvalue weighted by Gasteiger charge is -2.30. The van der Waals surface area contributed by atoms with Gasteiger partial charge in [0.1, 0.15) is 6.04 Å². The highest BCUT2D eigenvalue weighted by atomic mass is 32.2. The minimum atomic E-state index is -3.68. The third kappa shape index (κ3) is 5.33. The predicted molar refractivity (Wildman–Crippen MR) is 126 cm³/mol. The van der Waals surface area contributed by atoms with Gasteiger partial charge in [-0.2, -0.15) is 0 Å². The molecule has 0 spiro atoms. The molecule has 0 aromatic heterocycles. The Bertz CT molecular complexity index is 1110. The van der Waals surface area contributed by atoms with Gasteiger partial charge in [-0.3, -0.25) is 9.10 Å². The molecule has 162 valence electrons. The van der Waals surface area contributed by atoms with E-state index in [-0.39, 0.29) is 5.91 Å². The number of carbonyl (C=O) groups is 1. The van der Waals surface area contributed by atoms with Gasteiger partial charge < -0.3 is 5.32 Å². The first kappa shape index (κ1) is 22.6. The number of hydrogen-bond donors (Lipinski definition) is 1. The van der Waals surface area contributed by atoms with Gasteiger partial charge in [-0.05, 0) is 55.2 Å². The second-order valence-corrected chi connectivity index (χ2v) is 9.63. The van der Waals surface area contributed by atoms with Crippen molar-refractivity contribution < 1.29 is 13.2 Å². The fraction of sp³-hybridized carbons (Fsp3) is 0.240. The van der Waals surface area contributed by atoms with Gasteiger partial charge >= 0.3 is 0 Å². The lowest BCUT2D eigenvalue weighted by molar-refractivity contribution is -0.122. The molecule has 0 saturated heterocycles. The van der Waals surface area contributed by atoms with Crippen LogP contribution in [0.3, 0.4) is 0 Å². The molecule has 3 aromatic carbocycles. The molecular weight excluding hydrogens is 408 g/mol. The minimum Gasteiger partial charge on any atom is -0.343 e. The molecule has 0 aliphatic carbocycles. The van der Waals surface area contributed by atoms with Crippen LogP contribution in [-0.4, -0.2) is 26.6 Å². The van der Waals surface area contributed by atoms with Crippen molar-refractivity contribution in [3.8, 4) is 0 Å². The molecule has 5 nitrogen and oxygen atoms in total. The van der Waals surface area contributed by atoms with E-state index in [0.717, 1.165) is 28.5 Å². The SMILES string of the molecule is Cc1ccc(N([C@@H](C)C(=O)NC(c2ccccc2)c2ccccc2)S(C)(=O)=O)cc1C. The van der Waals surface area contributed by atoms with Crippen LogP contribution in [0.4, 0.5) is 5.69 Å². The number of rotatable bonds is 7. The Hall–Kier alpha value is -3.12. The zero-order chi connectivity index (χ0) is 22.6. The molecule has 3 rings (SSSR count). The molecule has 1 amide bonds. The van der Waals surface area contributed by atoms with Crippen LogP contribution in [0.25, 0.3) is 0 Å². The number of hydrogen-bond acceptors (Lipinski definition) is 3. The van der Waals surface area contributed by atoms with E-state index in [1.165, 1.54) is 4.31 Å². The lowest BCUT2D eigenvalue weighted by Crippen LogP contribution is -2.48. The molecule has 0 saturated carbocycles. The summed E-state index contributed by atoms with van der Waals surface area (Å²) in [5.41, 5.74) is 4.34. The number of nitrogens with zero attached hydrogens (tertiary/aromatic N) is 1. The Morgan fingerprint density at radius 1 is 0.839 bits per heavy atom. The van der Waals surface area contributed by atoms with Crippen LogP contribution in [0.15, 0.2) is 78.9 Å². The van der Waals surface area contributed by atoms with Crippen molar-refractivity contribution in [3.05, 3.63) is 101 Å². The summed E-state index contributed by atoms with van der Waals surface area (Å²) in [5, 5.41) is 3.05. The summed E-state index contributed by atoms with van der Waals surface area (Å²) in [6.45, 7) is 5.49. The Morgan fingerprint density at radius 2 is 1.35 bits per heavy atom. The zero-order valence-corrected chi connectivity index (χ0v) is 19.1. The van der Waals surface area contributed by atoms with Crippen LogP contribution >= 0.6 is 0 Å². The minimum absolute atomic E-state index is 0.374. The molecule has 1 atom stereocenters. The third-order valence-corrected chi connectivity index (χ3v) is 6.63. The van der Waals surface area contributed by atoms with Crippen molar-refractivity contribution in [1.82, 2.24) is 5.32 Å². The van der Waals surface area contributed by atoms with Crippen LogP contribution < -0.4 is 9.62 Å². The number of benzene rings is 3. The molecule has 1 N–H and O–H groups in total. The molecule has 6 heteroatoms. The second kappa shape index (κ2) is 9.35. The molecule has 0 aliphatic heterocycles. The standard InChI is InChI=1S/C25H28N2O3S/c1-18-15-16-23(17-19(18)2)27(31(4,29)30)20(3)25(28)26-24(21-11-7-5-8-12-21)22-13-9-6-10-14-22/h5-17,20,24H,1-4H3,(H,26,28)/t20-/m0/s1. The number of anilines is 1. The van der Waals surface area contributed by atoms with Crippen LogP contribution in [0.2, 0.25) is 0 Å². The second-order valence-electron chi connectivity index (χ2n) is 7.77. The maximum atomic E-state index is 13.3. The van der Waals surface area contributed by atoms with Gasteiger partial charge in [-0.25, -0.2) is 8.42 Å². The van der Waals surface area contributed by atoms with E-state index in [1.54, 1.807) is 19.1 Å². The Morgan fingerprint density at radius 3 is 1.81 bits per heavy atom. The van der Waals surface area contributed by atoms with Crippen LogP contribution in [0.1, 0.15) is 35.2 Å². The summed E-state index contributed by atoms with van der Waals surface area (Å²) < 4.78 is 26.5. The molecule has 0 unspecified atom stereocenters. The van der Waals surface area contributed by atoms with E-state index in [0.29, 0.717) is 5.69 Å². The highest BCUT2D eigenvalue weighted by Gasteiger charge is 2.31. The number of carbonyl (C=O) groups excluding carboxylic acids is 1. The zero-order valence-electron chi connectivity index (χ0n) is 18.2. The normalized spacial score (nSPS) is 12.4. The number of sulfonamides is 1. The Kier molecular flexibility index (Phi) is 6.81. The highest BCUT2D eigenvalue weighted by Crippen LogP contribution is 2.26. The molecule has 0 fully saturated rings. The van der Waals surface area contributed by atoms with Crippen molar-refractivity contribution in [2.45, 2.75) is 32.9 Å². The molecule has 0 radical (unpaired) electrons. The number of aryl methyl sites for hydroxylation is 2. The molecule has 31 heavy (non-hydrogen) atoms. The number of amides is 1. The summed E-state index contributed by atoms with van der Waals surface area (Å²) in [6, 6.07) is 23.4. The molecule has 0 bridgehead atoms. The summed E-state index contributed by atoms with van der Waals surface area (Å²) in [5.74, 6) is -0.374. The average Bonchev–Trinajstić information content (AvgIpc) is 2.74. The van der Waals surface area contributed by atoms with Crippen molar-refractivity contribution in [2.75, 3.05) is 10.6 Å². The van der Waals surface area contributed by atoms with Gasteiger partial charge in [0, 0.05) is 0 Å². The van der Waals surface area contributed by atoms with Gasteiger partial charge in [0.15, 0.2) is 0 Å².